The van der Waals surface area contributed by atoms with Gasteiger partial charge in [-0.05, 0) is 48.9 Å². The van der Waals surface area contributed by atoms with Crippen molar-refractivity contribution in [2.24, 2.45) is 0 Å². The third-order valence-electron chi connectivity index (χ3n) is 8.28. The third kappa shape index (κ3) is 15.3. The van der Waals surface area contributed by atoms with E-state index in [1.807, 2.05) is 0 Å². The van der Waals surface area contributed by atoms with E-state index in [1.54, 1.807) is 5.30 Å². The van der Waals surface area contributed by atoms with Crippen molar-refractivity contribution in [1.82, 2.24) is 0 Å². The van der Waals surface area contributed by atoms with Crippen LogP contribution in [-0.4, -0.2) is 19.3 Å². The second kappa shape index (κ2) is 24.9. The van der Waals surface area contributed by atoms with Gasteiger partial charge in [-0.3, -0.25) is 0 Å². The Labute approximate surface area is 273 Å². The molecule has 0 aromatic heterocycles. The molecule has 0 aliphatic rings. The summed E-state index contributed by atoms with van der Waals surface area (Å²) in [5, 5.41) is 1.59. The van der Waals surface area contributed by atoms with Crippen LogP contribution in [0.1, 0.15) is 121 Å². The summed E-state index contributed by atoms with van der Waals surface area (Å²) in [5.74, 6) is 0.498. The Morgan fingerprint density at radius 1 is 0.571 bits per heavy atom. The summed E-state index contributed by atoms with van der Waals surface area (Å²) in [6.07, 6.45) is 20.3. The molecule has 0 fully saturated rings. The molecule has 0 heterocycles. The van der Waals surface area contributed by atoms with Crippen LogP contribution >= 0.6 is 21.0 Å². The lowest BCUT2D eigenvalue weighted by molar-refractivity contribution is -0.00000839. The van der Waals surface area contributed by atoms with Crippen molar-refractivity contribution in [3.05, 3.63) is 96.1 Å². The van der Waals surface area contributed by atoms with E-state index in [0.717, 1.165) is 0 Å². The first kappa shape index (κ1) is 38.5. The van der Waals surface area contributed by atoms with Crippen LogP contribution in [0.2, 0.25) is 0 Å². The summed E-state index contributed by atoms with van der Waals surface area (Å²) in [4.78, 5) is 2.71. The molecule has 0 saturated heterocycles. The average molecular weight is 631 g/mol. The Morgan fingerprint density at radius 3 is 1.60 bits per heavy atom. The van der Waals surface area contributed by atoms with Crippen LogP contribution in [0.3, 0.4) is 0 Å². The second-order valence-electron chi connectivity index (χ2n) is 11.6. The molecule has 0 aliphatic carbocycles. The fraction of sp³-hybridized carbons (Fsp3) is 0.526. The predicted octanol–water partition coefficient (Wildman–Crippen LogP) is 8.29. The number of halogens is 2. The maximum absolute atomic E-state index is 2.71. The molecule has 1 unspecified atom stereocenters. The molecule has 0 radical (unpaired) electrons. The second-order valence-corrected chi connectivity index (χ2v) is 13.3. The highest BCUT2D eigenvalue weighted by atomic mass is 35.5. The molecule has 3 aromatic rings. The van der Waals surface area contributed by atoms with Crippen LogP contribution in [0.15, 0.2) is 84.9 Å². The summed E-state index contributed by atoms with van der Waals surface area (Å²) < 4.78 is 0. The number of anilines is 1. The number of unbranched alkanes of at least 4 members (excludes halogenated alkanes) is 10. The summed E-state index contributed by atoms with van der Waals surface area (Å²) in [7, 11) is 0.313. The van der Waals surface area contributed by atoms with Crippen LogP contribution < -0.4 is 22.6 Å². The molecular formula is C38H58Cl2NP. The fourth-order valence-electron chi connectivity index (χ4n) is 5.87. The molecule has 0 N–H and O–H groups in total. The van der Waals surface area contributed by atoms with Gasteiger partial charge in [0, 0.05) is 39.3 Å². The number of rotatable bonds is 22. The Kier molecular flexibility index (Phi) is 22.8. The van der Waals surface area contributed by atoms with Gasteiger partial charge in [0.15, 0.2) is 0 Å². The molecule has 3 aromatic carbocycles. The molecule has 0 spiro atoms. The number of nitrogens with zero attached hydrogens (tertiary/aromatic N) is 1. The van der Waals surface area contributed by atoms with E-state index in [0.29, 0.717) is 14.5 Å². The van der Waals surface area contributed by atoms with Crippen molar-refractivity contribution in [1.29, 1.82) is 0 Å². The van der Waals surface area contributed by atoms with Gasteiger partial charge >= 0.3 is 0 Å². The maximum Gasteiger partial charge on any atom is 0.0910 e. The SMILES string of the molecule is CCCCCCCCN(CCCCCCCC)c1cccc([PH2+]CCCC(c2ccccc2)c2ccccc2)c1.Cl.[Cl-]. The minimum atomic E-state index is 0. The molecule has 0 saturated carbocycles. The number of hydrogen-bond acceptors (Lipinski definition) is 1. The average Bonchev–Trinajstić information content (AvgIpc) is 3.00. The van der Waals surface area contributed by atoms with E-state index >= 15 is 0 Å². The Balaban J connectivity index is 0.00000441. The standard InChI is InChI=1S/C38H56NP.2ClH/c1-3-5-7-9-11-19-30-39(31-20-12-10-8-6-4-2)36-27-21-28-37(33-36)40-32-22-29-38(34-23-15-13-16-24-34)35-25-17-14-18-26-35;;/h13-18,21,23-28,33,38,40H,3-12,19-20,22,29-32H2,1-2H3;2*1H. The van der Waals surface area contributed by atoms with Crippen LogP contribution in [0.25, 0.3) is 0 Å². The van der Waals surface area contributed by atoms with Crippen molar-refractivity contribution in [3.63, 3.8) is 0 Å². The van der Waals surface area contributed by atoms with Gasteiger partial charge in [-0.25, -0.2) is 0 Å². The molecule has 3 rings (SSSR count). The molecule has 234 valence electrons. The molecule has 4 heteroatoms. The van der Waals surface area contributed by atoms with Crippen molar-refractivity contribution < 1.29 is 12.4 Å². The largest absolute Gasteiger partial charge is 1.00 e. The number of benzene rings is 3. The van der Waals surface area contributed by atoms with Gasteiger partial charge in [0.1, 0.15) is 0 Å². The van der Waals surface area contributed by atoms with Crippen LogP contribution in [0, 0.1) is 0 Å². The normalized spacial score (nSPS) is 11.0. The summed E-state index contributed by atoms with van der Waals surface area (Å²) in [6, 6.07) is 31.8. The first-order chi connectivity index (χ1) is 19.8. The maximum atomic E-state index is 2.71. The van der Waals surface area contributed by atoms with E-state index in [1.165, 1.54) is 126 Å². The molecule has 0 bridgehead atoms. The van der Waals surface area contributed by atoms with E-state index < -0.39 is 0 Å². The molecular weight excluding hydrogens is 572 g/mol. The quantitative estimate of drug-likeness (QED) is 0.0798. The predicted molar refractivity (Wildman–Crippen MR) is 191 cm³/mol. The Morgan fingerprint density at radius 2 is 1.07 bits per heavy atom. The van der Waals surface area contributed by atoms with Gasteiger partial charge in [0.05, 0.1) is 11.5 Å². The zero-order valence-electron chi connectivity index (χ0n) is 26.5. The molecule has 1 atom stereocenters. The summed E-state index contributed by atoms with van der Waals surface area (Å²) in [5.41, 5.74) is 4.37. The highest BCUT2D eigenvalue weighted by Crippen LogP contribution is 2.30. The summed E-state index contributed by atoms with van der Waals surface area (Å²) in [6.45, 7) is 7.05. The van der Waals surface area contributed by atoms with Gasteiger partial charge in [-0.1, -0.05) is 145 Å². The minimum absolute atomic E-state index is 0. The van der Waals surface area contributed by atoms with E-state index in [4.69, 9.17) is 0 Å². The lowest BCUT2D eigenvalue weighted by Crippen LogP contribution is -3.00. The van der Waals surface area contributed by atoms with Crippen molar-refractivity contribution in [3.8, 4) is 0 Å². The van der Waals surface area contributed by atoms with E-state index in [-0.39, 0.29) is 24.8 Å². The lowest BCUT2D eigenvalue weighted by atomic mass is 9.88. The molecule has 0 aliphatic heterocycles. The van der Waals surface area contributed by atoms with Gasteiger partial charge in [-0.2, -0.15) is 0 Å². The first-order valence-electron chi connectivity index (χ1n) is 16.6. The molecule has 42 heavy (non-hydrogen) atoms. The monoisotopic (exact) mass is 629 g/mol. The highest BCUT2D eigenvalue weighted by Gasteiger charge is 2.15. The van der Waals surface area contributed by atoms with E-state index in [2.05, 4.69) is 104 Å². The fourth-order valence-corrected chi connectivity index (χ4v) is 7.18. The van der Waals surface area contributed by atoms with Gasteiger partial charge < -0.3 is 17.3 Å². The van der Waals surface area contributed by atoms with Crippen molar-refractivity contribution >= 4 is 32.0 Å². The lowest BCUT2D eigenvalue weighted by Gasteiger charge is -2.25. The first-order valence-corrected chi connectivity index (χ1v) is 18.0. The Hall–Kier alpha value is -1.53. The highest BCUT2D eigenvalue weighted by molar-refractivity contribution is 7.47. The zero-order valence-corrected chi connectivity index (χ0v) is 29.2. The molecule has 0 amide bonds. The van der Waals surface area contributed by atoms with Crippen molar-refractivity contribution in [2.75, 3.05) is 24.2 Å². The summed E-state index contributed by atoms with van der Waals surface area (Å²) >= 11 is 0. The topological polar surface area (TPSA) is 3.24 Å². The van der Waals surface area contributed by atoms with Gasteiger partial charge in [0.2, 0.25) is 0 Å². The minimum Gasteiger partial charge on any atom is -1.00 e. The van der Waals surface area contributed by atoms with Crippen LogP contribution in [-0.2, 0) is 0 Å². The molecule has 1 nitrogen and oxygen atoms in total. The van der Waals surface area contributed by atoms with Crippen LogP contribution in [0.4, 0.5) is 5.69 Å². The van der Waals surface area contributed by atoms with E-state index in [9.17, 15) is 0 Å². The number of hydrogen-bond donors (Lipinski definition) is 0. The van der Waals surface area contributed by atoms with Gasteiger partial charge in [-0.15, -0.1) is 12.4 Å². The Bertz CT molecular complexity index is 958. The zero-order chi connectivity index (χ0) is 28.1. The smallest absolute Gasteiger partial charge is 0.0910 e. The van der Waals surface area contributed by atoms with Crippen LogP contribution in [0.5, 0.6) is 0 Å². The third-order valence-corrected chi connectivity index (χ3v) is 9.81. The van der Waals surface area contributed by atoms with Crippen molar-refractivity contribution in [2.45, 2.75) is 110 Å². The van der Waals surface area contributed by atoms with Gasteiger partial charge in [0.25, 0.3) is 0 Å².